The molecule has 47 heavy (non-hydrogen) atoms. The Balaban J connectivity index is 1.14. The van der Waals surface area contributed by atoms with Gasteiger partial charge in [0.1, 0.15) is 5.75 Å². The van der Waals surface area contributed by atoms with E-state index in [1.54, 1.807) is 25.9 Å². The first kappa shape index (κ1) is 30.8. The van der Waals surface area contributed by atoms with Crippen LogP contribution in [0.1, 0.15) is 11.3 Å². The van der Waals surface area contributed by atoms with Gasteiger partial charge in [0.25, 0.3) is 10.2 Å². The Morgan fingerprint density at radius 3 is 2.34 bits per heavy atom. The van der Waals surface area contributed by atoms with Crippen molar-refractivity contribution in [2.24, 2.45) is 14.1 Å². The highest BCUT2D eigenvalue weighted by Crippen LogP contribution is 2.40. The third kappa shape index (κ3) is 5.72. The molecular formula is C33H38N10O3S. The van der Waals surface area contributed by atoms with Gasteiger partial charge in [-0.05, 0) is 36.1 Å². The molecule has 1 aliphatic heterocycles. The minimum atomic E-state index is -3.43. The van der Waals surface area contributed by atoms with Gasteiger partial charge in [0.2, 0.25) is 5.95 Å². The summed E-state index contributed by atoms with van der Waals surface area (Å²) in [5, 5.41) is 12.6. The number of benzene rings is 2. The van der Waals surface area contributed by atoms with Gasteiger partial charge in [-0.2, -0.15) is 27.2 Å². The first-order valence-corrected chi connectivity index (χ1v) is 16.9. The number of nitrogens with zero attached hydrogens (tertiary/aromatic N) is 9. The zero-order valence-corrected chi connectivity index (χ0v) is 28.0. The van der Waals surface area contributed by atoms with Crippen LogP contribution < -0.4 is 15.0 Å². The molecule has 5 aromatic rings. The second kappa shape index (κ2) is 12.1. The molecule has 7 rings (SSSR count). The minimum Gasteiger partial charge on any atom is -0.494 e. The lowest BCUT2D eigenvalue weighted by Gasteiger charge is -2.36. The van der Waals surface area contributed by atoms with Crippen molar-refractivity contribution in [3.63, 3.8) is 0 Å². The van der Waals surface area contributed by atoms with Crippen LogP contribution in [0, 0.1) is 0 Å². The highest BCUT2D eigenvalue weighted by molar-refractivity contribution is 7.86. The first-order valence-electron chi connectivity index (χ1n) is 15.5. The number of piperazine rings is 1. The molecule has 244 valence electrons. The summed E-state index contributed by atoms with van der Waals surface area (Å²) in [5.74, 6) is 1.11. The molecule has 0 unspecified atom stereocenters. The maximum Gasteiger partial charge on any atom is 0.281 e. The van der Waals surface area contributed by atoms with Crippen LogP contribution in [0.3, 0.4) is 0 Å². The van der Waals surface area contributed by atoms with Crippen molar-refractivity contribution in [2.45, 2.75) is 12.8 Å². The second-order valence-corrected chi connectivity index (χ2v) is 14.2. The first-order chi connectivity index (χ1) is 22.6. The number of nitrogens with one attached hydrogen (secondary N) is 1. The lowest BCUT2D eigenvalue weighted by molar-refractivity contribution is 0.355. The van der Waals surface area contributed by atoms with Gasteiger partial charge in [-0.25, -0.2) is 9.97 Å². The molecule has 1 aliphatic carbocycles. The van der Waals surface area contributed by atoms with Gasteiger partial charge >= 0.3 is 0 Å². The Hall–Kier alpha value is -4.79. The summed E-state index contributed by atoms with van der Waals surface area (Å²) in [6.45, 7) is 2.00. The van der Waals surface area contributed by atoms with E-state index in [0.29, 0.717) is 37.9 Å². The van der Waals surface area contributed by atoms with E-state index in [9.17, 15) is 8.42 Å². The van der Waals surface area contributed by atoms with Crippen LogP contribution in [-0.2, 0) is 37.1 Å². The van der Waals surface area contributed by atoms with Crippen molar-refractivity contribution >= 4 is 27.5 Å². The Labute approximate surface area is 274 Å². The van der Waals surface area contributed by atoms with Crippen LogP contribution >= 0.6 is 0 Å². The second-order valence-electron chi connectivity index (χ2n) is 12.0. The zero-order valence-electron chi connectivity index (χ0n) is 27.2. The van der Waals surface area contributed by atoms with Crippen molar-refractivity contribution in [3.05, 3.63) is 72.3 Å². The number of anilines is 3. The molecule has 2 aromatic carbocycles. The normalized spacial score (nSPS) is 15.1. The summed E-state index contributed by atoms with van der Waals surface area (Å²) < 4.78 is 37.4. The summed E-state index contributed by atoms with van der Waals surface area (Å²) in [5.41, 5.74) is 9.97. The van der Waals surface area contributed by atoms with Gasteiger partial charge in [-0.15, -0.1) is 0 Å². The molecule has 0 saturated carbocycles. The van der Waals surface area contributed by atoms with Gasteiger partial charge in [0, 0.05) is 95.2 Å². The molecule has 3 aromatic heterocycles. The molecule has 0 radical (unpaired) electrons. The largest absolute Gasteiger partial charge is 0.494 e. The van der Waals surface area contributed by atoms with Crippen molar-refractivity contribution in [2.75, 3.05) is 57.6 Å². The summed E-state index contributed by atoms with van der Waals surface area (Å²) in [6.07, 6.45) is 7.42. The molecular weight excluding hydrogens is 616 g/mol. The molecule has 1 fully saturated rings. The Morgan fingerprint density at radius 2 is 1.66 bits per heavy atom. The topological polar surface area (TPSA) is 127 Å². The fourth-order valence-corrected chi connectivity index (χ4v) is 7.44. The summed E-state index contributed by atoms with van der Waals surface area (Å²) >= 11 is 0. The number of rotatable bonds is 8. The molecule has 4 heterocycles. The molecule has 1 N–H and O–H groups in total. The van der Waals surface area contributed by atoms with Gasteiger partial charge in [0.15, 0.2) is 0 Å². The monoisotopic (exact) mass is 654 g/mol. The van der Waals surface area contributed by atoms with Crippen molar-refractivity contribution in [1.82, 2.24) is 38.1 Å². The predicted molar refractivity (Wildman–Crippen MR) is 182 cm³/mol. The van der Waals surface area contributed by atoms with E-state index in [0.717, 1.165) is 69.1 Å². The van der Waals surface area contributed by atoms with Gasteiger partial charge < -0.3 is 15.0 Å². The van der Waals surface area contributed by atoms with Crippen LogP contribution in [0.4, 0.5) is 17.3 Å². The number of ether oxygens (including phenoxy) is 1. The number of hydrogen-bond donors (Lipinski definition) is 1. The van der Waals surface area contributed by atoms with E-state index in [-0.39, 0.29) is 0 Å². The molecule has 13 nitrogen and oxygen atoms in total. The van der Waals surface area contributed by atoms with Crippen LogP contribution in [0.25, 0.3) is 33.6 Å². The van der Waals surface area contributed by atoms with E-state index >= 15 is 0 Å². The zero-order chi connectivity index (χ0) is 32.9. The number of aromatic nitrogens is 6. The van der Waals surface area contributed by atoms with Crippen LogP contribution in [0.2, 0.25) is 0 Å². The Bertz CT molecular complexity index is 2050. The summed E-state index contributed by atoms with van der Waals surface area (Å²) in [7, 11) is 5.22. The third-order valence-corrected chi connectivity index (χ3v) is 10.8. The van der Waals surface area contributed by atoms with Crippen LogP contribution in [0.5, 0.6) is 5.75 Å². The van der Waals surface area contributed by atoms with E-state index in [2.05, 4.69) is 44.6 Å². The Morgan fingerprint density at radius 1 is 0.915 bits per heavy atom. The highest BCUT2D eigenvalue weighted by atomic mass is 32.2. The van der Waals surface area contributed by atoms with Crippen LogP contribution in [-0.4, -0.2) is 93.9 Å². The fraction of sp³-hybridized carbons (Fsp3) is 0.333. The third-order valence-electron chi connectivity index (χ3n) is 8.87. The summed E-state index contributed by atoms with van der Waals surface area (Å²) in [4.78, 5) is 11.9. The van der Waals surface area contributed by atoms with E-state index in [1.165, 1.54) is 8.61 Å². The Kier molecular flexibility index (Phi) is 7.94. The standard InChI is InChI=1S/C33H38N10O3S/c1-39(2)47(44,45)43-16-14-42(15-17-43)26-11-13-27(29(18-26)46-5)36-33-34-19-24-10-12-28-30(31(24)37-33)32(41(4)38-28)23-8-6-22(7-9-23)25-20-35-40(3)21-25/h6-9,11,13,18-21H,10,12,14-17H2,1-5H3,(H,34,36,37). The molecule has 0 amide bonds. The van der Waals surface area contributed by atoms with Crippen LogP contribution in [0.15, 0.2) is 61.1 Å². The maximum absolute atomic E-state index is 12.5. The molecule has 2 aliphatic rings. The highest BCUT2D eigenvalue weighted by Gasteiger charge is 2.30. The smallest absolute Gasteiger partial charge is 0.281 e. The predicted octanol–water partition coefficient (Wildman–Crippen LogP) is 3.72. The molecule has 0 spiro atoms. The molecule has 1 saturated heterocycles. The van der Waals surface area contributed by atoms with Crippen molar-refractivity contribution in [3.8, 4) is 39.4 Å². The average molecular weight is 655 g/mol. The lowest BCUT2D eigenvalue weighted by atomic mass is 9.91. The fourth-order valence-electron chi connectivity index (χ4n) is 6.35. The van der Waals surface area contributed by atoms with E-state index in [4.69, 9.17) is 14.8 Å². The van der Waals surface area contributed by atoms with Crippen molar-refractivity contribution < 1.29 is 13.2 Å². The molecule has 14 heteroatoms. The van der Waals surface area contributed by atoms with Gasteiger partial charge in [0.05, 0.1) is 36.1 Å². The average Bonchev–Trinajstić information content (AvgIpc) is 3.67. The quantitative estimate of drug-likeness (QED) is 0.266. The minimum absolute atomic E-state index is 0.415. The summed E-state index contributed by atoms with van der Waals surface area (Å²) in [6, 6.07) is 14.4. The van der Waals surface area contributed by atoms with E-state index < -0.39 is 10.2 Å². The molecule has 0 bridgehead atoms. The van der Waals surface area contributed by atoms with Gasteiger partial charge in [-0.3, -0.25) is 9.36 Å². The number of aryl methyl sites for hydroxylation is 4. The maximum atomic E-state index is 12.5. The number of methoxy groups -OCH3 is 1. The van der Waals surface area contributed by atoms with Gasteiger partial charge in [-0.1, -0.05) is 24.3 Å². The molecule has 0 atom stereocenters. The number of hydrogen-bond acceptors (Lipinski definition) is 9. The van der Waals surface area contributed by atoms with E-state index in [1.807, 2.05) is 55.6 Å². The number of fused-ring (bicyclic) bond motifs is 3. The van der Waals surface area contributed by atoms with Crippen molar-refractivity contribution in [1.29, 1.82) is 0 Å². The SMILES string of the molecule is COc1cc(N2CCN(S(=O)(=O)N(C)C)CC2)ccc1Nc1ncc2c(n1)-c1c(nn(C)c1-c1ccc(-c3cnn(C)c3)cc1)CC2. The lowest BCUT2D eigenvalue weighted by Crippen LogP contribution is -2.51.